The molecule has 0 atom stereocenters. The van der Waals surface area contributed by atoms with E-state index in [-0.39, 0.29) is 5.91 Å². The molecule has 0 bridgehead atoms. The Bertz CT molecular complexity index is 498. The van der Waals surface area contributed by atoms with Gasteiger partial charge in [0.2, 0.25) is 5.91 Å². The van der Waals surface area contributed by atoms with Crippen molar-refractivity contribution in [3.8, 4) is 0 Å². The Morgan fingerprint density at radius 1 is 1.24 bits per heavy atom. The van der Waals surface area contributed by atoms with Crippen LogP contribution in [0.5, 0.6) is 0 Å². The topological polar surface area (TPSA) is 49.3 Å². The van der Waals surface area contributed by atoms with Gasteiger partial charge in [0, 0.05) is 6.54 Å². The number of benzene rings is 1. The molecule has 0 spiro atoms. The van der Waals surface area contributed by atoms with Crippen molar-refractivity contribution in [2.24, 2.45) is 5.41 Å². The lowest BCUT2D eigenvalue weighted by molar-refractivity contribution is -0.122. The van der Waals surface area contributed by atoms with E-state index < -0.39 is 5.60 Å². The minimum absolute atomic E-state index is 0.0149. The van der Waals surface area contributed by atoms with Crippen molar-refractivity contribution in [2.75, 3.05) is 6.54 Å². The van der Waals surface area contributed by atoms with Crippen LogP contribution in [-0.4, -0.2) is 23.2 Å². The number of nitrogens with one attached hydrogen (secondary N) is 1. The number of amides is 1. The number of hydrogen-bond donors (Lipinski definition) is 2. The molecular weight excluding hydrogens is 262 g/mol. The fourth-order valence-corrected chi connectivity index (χ4v) is 2.90. The molecule has 0 heterocycles. The molecule has 1 aromatic carbocycles. The van der Waals surface area contributed by atoms with Crippen molar-refractivity contribution in [3.63, 3.8) is 0 Å². The molecule has 2 rings (SSSR count). The van der Waals surface area contributed by atoms with E-state index in [1.165, 1.54) is 0 Å². The van der Waals surface area contributed by atoms with E-state index >= 15 is 0 Å². The van der Waals surface area contributed by atoms with Gasteiger partial charge in [0.1, 0.15) is 0 Å². The Kier molecular flexibility index (Phi) is 4.72. The van der Waals surface area contributed by atoms with Crippen molar-refractivity contribution < 1.29 is 9.90 Å². The molecule has 1 fully saturated rings. The fraction of sp³-hybridized carbons (Fsp3) is 0.611. The van der Waals surface area contributed by atoms with Crippen molar-refractivity contribution in [3.05, 3.63) is 35.4 Å². The summed E-state index contributed by atoms with van der Waals surface area (Å²) in [6.45, 7) is 6.87. The molecule has 0 radical (unpaired) electrons. The molecule has 1 saturated carbocycles. The lowest BCUT2D eigenvalue weighted by atomic mass is 9.71. The van der Waals surface area contributed by atoms with Crippen LogP contribution >= 0.6 is 0 Å². The van der Waals surface area contributed by atoms with Crippen molar-refractivity contribution >= 4 is 5.91 Å². The highest BCUT2D eigenvalue weighted by atomic mass is 16.3. The molecule has 1 amide bonds. The molecule has 0 saturated heterocycles. The van der Waals surface area contributed by atoms with Crippen molar-refractivity contribution in [1.29, 1.82) is 0 Å². The van der Waals surface area contributed by atoms with Gasteiger partial charge < -0.3 is 10.4 Å². The largest absolute Gasteiger partial charge is 0.388 e. The molecule has 0 unspecified atom stereocenters. The summed E-state index contributed by atoms with van der Waals surface area (Å²) in [6, 6.07) is 7.98. The molecule has 2 N–H and O–H groups in total. The number of rotatable bonds is 4. The number of hydrogen-bond acceptors (Lipinski definition) is 2. The van der Waals surface area contributed by atoms with Gasteiger partial charge in [-0.15, -0.1) is 0 Å². The highest BCUT2D eigenvalue weighted by molar-refractivity contribution is 5.78. The normalized spacial score (nSPS) is 20.0. The first kappa shape index (κ1) is 16.0. The van der Waals surface area contributed by atoms with E-state index in [0.717, 1.165) is 36.8 Å². The zero-order chi connectivity index (χ0) is 15.5. The highest BCUT2D eigenvalue weighted by Gasteiger charge is 2.36. The minimum Gasteiger partial charge on any atom is -0.388 e. The molecule has 21 heavy (non-hydrogen) atoms. The van der Waals surface area contributed by atoms with Crippen LogP contribution in [0.15, 0.2) is 24.3 Å². The summed E-state index contributed by atoms with van der Waals surface area (Å²) >= 11 is 0. The first-order valence-corrected chi connectivity index (χ1v) is 7.83. The Labute approximate surface area is 127 Å². The average Bonchev–Trinajstić information content (AvgIpc) is 2.41. The van der Waals surface area contributed by atoms with E-state index in [4.69, 9.17) is 0 Å². The van der Waals surface area contributed by atoms with Crippen LogP contribution in [0.3, 0.4) is 0 Å². The van der Waals surface area contributed by atoms with Gasteiger partial charge in [0.25, 0.3) is 0 Å². The quantitative estimate of drug-likeness (QED) is 0.895. The Hall–Kier alpha value is -1.35. The van der Waals surface area contributed by atoms with E-state index in [0.29, 0.717) is 18.4 Å². The fourth-order valence-electron chi connectivity index (χ4n) is 2.90. The second-order valence-electron chi connectivity index (χ2n) is 7.33. The molecular formula is C18H27NO2. The van der Waals surface area contributed by atoms with Gasteiger partial charge in [0.15, 0.2) is 0 Å². The van der Waals surface area contributed by atoms with Gasteiger partial charge >= 0.3 is 0 Å². The summed E-state index contributed by atoms with van der Waals surface area (Å²) in [5.41, 5.74) is 1.77. The van der Waals surface area contributed by atoms with E-state index in [1.54, 1.807) is 0 Å². The van der Waals surface area contributed by atoms with Crippen LogP contribution in [-0.2, 0) is 11.2 Å². The standard InChI is InChI=1S/C18H27NO2/c1-14-5-4-6-15(11-14)12-16(20)19-13-18(21)9-7-17(2,3)8-10-18/h4-6,11,21H,7-10,12-13H2,1-3H3,(H,19,20). The van der Waals surface area contributed by atoms with Crippen LogP contribution in [0.4, 0.5) is 0 Å². The van der Waals surface area contributed by atoms with Gasteiger partial charge in [-0.1, -0.05) is 43.7 Å². The third kappa shape index (κ3) is 4.85. The molecule has 1 aromatic rings. The first-order valence-electron chi connectivity index (χ1n) is 7.83. The second-order valence-corrected chi connectivity index (χ2v) is 7.33. The molecule has 1 aliphatic carbocycles. The SMILES string of the molecule is Cc1cccc(CC(=O)NCC2(O)CCC(C)(C)CC2)c1. The summed E-state index contributed by atoms with van der Waals surface area (Å²) in [4.78, 5) is 12.0. The molecule has 0 aliphatic heterocycles. The maximum absolute atomic E-state index is 12.0. The lowest BCUT2D eigenvalue weighted by Crippen LogP contribution is -2.46. The molecule has 3 heteroatoms. The monoisotopic (exact) mass is 289 g/mol. The maximum Gasteiger partial charge on any atom is 0.224 e. The molecule has 0 aromatic heterocycles. The number of aliphatic hydroxyl groups is 1. The zero-order valence-electron chi connectivity index (χ0n) is 13.4. The van der Waals surface area contributed by atoms with Gasteiger partial charge in [-0.3, -0.25) is 4.79 Å². The van der Waals surface area contributed by atoms with Crippen LogP contribution in [0.2, 0.25) is 0 Å². The molecule has 3 nitrogen and oxygen atoms in total. The smallest absolute Gasteiger partial charge is 0.224 e. The predicted molar refractivity (Wildman–Crippen MR) is 85.1 cm³/mol. The third-order valence-corrected chi connectivity index (χ3v) is 4.60. The summed E-state index contributed by atoms with van der Waals surface area (Å²) in [7, 11) is 0. The van der Waals surface area contributed by atoms with Crippen LogP contribution in [0, 0.1) is 12.3 Å². The zero-order valence-corrected chi connectivity index (χ0v) is 13.4. The van der Waals surface area contributed by atoms with Gasteiger partial charge in [-0.25, -0.2) is 0 Å². The highest BCUT2D eigenvalue weighted by Crippen LogP contribution is 2.39. The summed E-state index contributed by atoms with van der Waals surface area (Å²) < 4.78 is 0. The summed E-state index contributed by atoms with van der Waals surface area (Å²) in [6.07, 6.45) is 3.94. The van der Waals surface area contributed by atoms with E-state index in [1.807, 2.05) is 31.2 Å². The summed E-state index contributed by atoms with van der Waals surface area (Å²) in [5, 5.41) is 13.4. The van der Waals surface area contributed by atoms with Gasteiger partial charge in [-0.05, 0) is 43.6 Å². The Morgan fingerprint density at radius 3 is 2.52 bits per heavy atom. The minimum atomic E-state index is -0.724. The summed E-state index contributed by atoms with van der Waals surface area (Å²) in [5.74, 6) is -0.0149. The maximum atomic E-state index is 12.0. The second kappa shape index (κ2) is 6.18. The Balaban J connectivity index is 1.81. The van der Waals surface area contributed by atoms with Gasteiger partial charge in [0.05, 0.1) is 12.0 Å². The van der Waals surface area contributed by atoms with Crippen LogP contribution in [0.25, 0.3) is 0 Å². The number of carbonyl (C=O) groups is 1. The molecule has 1 aliphatic rings. The number of carbonyl (C=O) groups excluding carboxylic acids is 1. The predicted octanol–water partition coefficient (Wildman–Crippen LogP) is 2.99. The van der Waals surface area contributed by atoms with E-state index in [2.05, 4.69) is 19.2 Å². The lowest BCUT2D eigenvalue weighted by Gasteiger charge is -2.40. The van der Waals surface area contributed by atoms with Crippen LogP contribution < -0.4 is 5.32 Å². The average molecular weight is 289 g/mol. The van der Waals surface area contributed by atoms with Crippen molar-refractivity contribution in [2.45, 2.75) is 58.5 Å². The third-order valence-electron chi connectivity index (χ3n) is 4.60. The number of aryl methyl sites for hydroxylation is 1. The van der Waals surface area contributed by atoms with Gasteiger partial charge in [-0.2, -0.15) is 0 Å². The Morgan fingerprint density at radius 2 is 1.90 bits per heavy atom. The van der Waals surface area contributed by atoms with Crippen molar-refractivity contribution in [1.82, 2.24) is 5.32 Å². The van der Waals surface area contributed by atoms with Crippen LogP contribution in [0.1, 0.15) is 50.7 Å². The first-order chi connectivity index (χ1) is 9.78. The van der Waals surface area contributed by atoms with E-state index in [9.17, 15) is 9.90 Å². The molecule has 116 valence electrons.